The van der Waals surface area contributed by atoms with Crippen LogP contribution in [0.2, 0.25) is 5.02 Å². The van der Waals surface area contributed by atoms with Crippen LogP contribution in [0.5, 0.6) is 0 Å². The van der Waals surface area contributed by atoms with Crippen molar-refractivity contribution in [2.24, 2.45) is 0 Å². The van der Waals surface area contributed by atoms with Crippen molar-refractivity contribution in [1.82, 2.24) is 10.2 Å². The molecule has 0 radical (unpaired) electrons. The minimum Gasteiger partial charge on any atom is -0.357 e. The molecule has 2 aromatic carbocycles. The molecule has 0 saturated heterocycles. The number of likely N-dealkylation sites (N-methyl/N-ethyl adjacent to an activating group) is 1. The zero-order valence-corrected chi connectivity index (χ0v) is 22.0. The van der Waals surface area contributed by atoms with E-state index < -0.39 is 16.1 Å². The van der Waals surface area contributed by atoms with E-state index in [4.69, 9.17) is 11.6 Å². The summed E-state index contributed by atoms with van der Waals surface area (Å²) in [7, 11) is -2.03. The number of nitrogens with one attached hydrogen (secondary N) is 1. The minimum atomic E-state index is -3.58. The number of nitrogens with zero attached hydrogens (tertiary/aromatic N) is 2. The molecule has 0 saturated carbocycles. The van der Waals surface area contributed by atoms with Crippen molar-refractivity contribution in [3.05, 3.63) is 64.2 Å². The average molecular weight is 508 g/mol. The van der Waals surface area contributed by atoms with Gasteiger partial charge in [0.2, 0.25) is 21.8 Å². The summed E-state index contributed by atoms with van der Waals surface area (Å²) in [4.78, 5) is 27.4. The Kier molecular flexibility index (Phi) is 9.94. The molecule has 1 unspecified atom stereocenters. The molecule has 0 bridgehead atoms. The van der Waals surface area contributed by atoms with E-state index in [2.05, 4.69) is 5.32 Å². The largest absolute Gasteiger partial charge is 0.357 e. The van der Waals surface area contributed by atoms with Crippen molar-refractivity contribution in [2.45, 2.75) is 52.6 Å². The number of benzene rings is 2. The van der Waals surface area contributed by atoms with Crippen LogP contribution in [0.1, 0.15) is 42.9 Å². The molecule has 0 aliphatic heterocycles. The normalized spacial score (nSPS) is 12.2. The van der Waals surface area contributed by atoms with Gasteiger partial charge in [-0.1, -0.05) is 48.9 Å². The lowest BCUT2D eigenvalue weighted by Crippen LogP contribution is -2.48. The Hall–Kier alpha value is -2.58. The molecular weight excluding hydrogens is 474 g/mol. The number of carbonyl (C=O) groups excluding carboxylic acids is 2. The first-order valence-corrected chi connectivity index (χ1v) is 13.5. The van der Waals surface area contributed by atoms with Gasteiger partial charge in [0, 0.05) is 31.6 Å². The molecule has 0 fully saturated rings. The van der Waals surface area contributed by atoms with Gasteiger partial charge in [0.05, 0.1) is 11.9 Å². The summed E-state index contributed by atoms with van der Waals surface area (Å²) < 4.78 is 26.3. The Morgan fingerprint density at radius 3 is 2.35 bits per heavy atom. The molecule has 0 aromatic heterocycles. The van der Waals surface area contributed by atoms with Gasteiger partial charge >= 0.3 is 0 Å². The van der Waals surface area contributed by atoms with Gasteiger partial charge in [-0.15, -0.1) is 0 Å². The zero-order valence-electron chi connectivity index (χ0n) is 20.5. The SMILES string of the molecule is CCC(C(=O)NC)N(Cc1ccccc1C)C(=O)CCCN(c1cc(Cl)ccc1C)S(C)(=O)=O. The third-order valence-electron chi connectivity index (χ3n) is 5.83. The van der Waals surface area contributed by atoms with Crippen molar-refractivity contribution in [3.63, 3.8) is 0 Å². The first-order valence-electron chi connectivity index (χ1n) is 11.3. The molecule has 2 amide bonds. The van der Waals surface area contributed by atoms with E-state index in [0.717, 1.165) is 22.9 Å². The Bertz CT molecular complexity index is 1120. The molecule has 1 atom stereocenters. The fourth-order valence-electron chi connectivity index (χ4n) is 3.89. The maximum Gasteiger partial charge on any atom is 0.242 e. The van der Waals surface area contributed by atoms with Gasteiger partial charge in [-0.3, -0.25) is 13.9 Å². The van der Waals surface area contributed by atoms with Crippen molar-refractivity contribution in [1.29, 1.82) is 0 Å². The van der Waals surface area contributed by atoms with E-state index in [9.17, 15) is 18.0 Å². The molecule has 0 spiro atoms. The third kappa shape index (κ3) is 7.21. The molecule has 186 valence electrons. The van der Waals surface area contributed by atoms with E-state index in [1.807, 2.05) is 45.0 Å². The van der Waals surface area contributed by atoms with Crippen LogP contribution in [0.25, 0.3) is 0 Å². The van der Waals surface area contributed by atoms with Gasteiger partial charge in [-0.25, -0.2) is 8.42 Å². The van der Waals surface area contributed by atoms with Gasteiger partial charge in [0.15, 0.2) is 0 Å². The smallest absolute Gasteiger partial charge is 0.242 e. The monoisotopic (exact) mass is 507 g/mol. The number of hydrogen-bond acceptors (Lipinski definition) is 4. The van der Waals surface area contributed by atoms with Crippen LogP contribution in [0.15, 0.2) is 42.5 Å². The number of anilines is 1. The van der Waals surface area contributed by atoms with Crippen molar-refractivity contribution in [3.8, 4) is 0 Å². The Balaban J connectivity index is 2.24. The standard InChI is InChI=1S/C25H34ClN3O4S/c1-6-22(25(31)27-4)28(17-20-11-8-7-10-18(20)2)24(30)12-9-15-29(34(5,32)33)23-16-21(26)14-13-19(23)3/h7-8,10-11,13-14,16,22H,6,9,12,15,17H2,1-5H3,(H,27,31). The van der Waals surface area contributed by atoms with Crippen LogP contribution in [0.4, 0.5) is 5.69 Å². The third-order valence-corrected chi connectivity index (χ3v) is 7.24. The lowest BCUT2D eigenvalue weighted by atomic mass is 10.1. The molecule has 0 aliphatic rings. The molecular formula is C25H34ClN3O4S. The van der Waals surface area contributed by atoms with Gasteiger partial charge in [0.1, 0.15) is 6.04 Å². The molecule has 0 aliphatic carbocycles. The minimum absolute atomic E-state index is 0.102. The summed E-state index contributed by atoms with van der Waals surface area (Å²) in [6.07, 6.45) is 2.00. The second-order valence-electron chi connectivity index (χ2n) is 8.36. The Morgan fingerprint density at radius 2 is 1.76 bits per heavy atom. The van der Waals surface area contributed by atoms with E-state index in [1.165, 1.54) is 4.31 Å². The maximum atomic E-state index is 13.3. The topological polar surface area (TPSA) is 86.8 Å². The van der Waals surface area contributed by atoms with Gasteiger partial charge in [-0.05, 0) is 55.5 Å². The second kappa shape index (κ2) is 12.2. The van der Waals surface area contributed by atoms with E-state index in [-0.39, 0.29) is 24.8 Å². The summed E-state index contributed by atoms with van der Waals surface area (Å²) in [5.41, 5.74) is 3.27. The molecule has 0 heterocycles. The first-order chi connectivity index (χ1) is 16.0. The number of sulfonamides is 1. The predicted octanol–water partition coefficient (Wildman–Crippen LogP) is 4.06. The summed E-state index contributed by atoms with van der Waals surface area (Å²) in [6, 6.07) is 12.2. The second-order valence-corrected chi connectivity index (χ2v) is 10.7. The van der Waals surface area contributed by atoms with Crippen LogP contribution in [-0.4, -0.2) is 51.0 Å². The van der Waals surface area contributed by atoms with Crippen LogP contribution in [0.3, 0.4) is 0 Å². The molecule has 34 heavy (non-hydrogen) atoms. The maximum absolute atomic E-state index is 13.3. The quantitative estimate of drug-likeness (QED) is 0.497. The summed E-state index contributed by atoms with van der Waals surface area (Å²) in [5, 5.41) is 3.08. The molecule has 2 rings (SSSR count). The number of amides is 2. The Morgan fingerprint density at radius 1 is 1.09 bits per heavy atom. The van der Waals surface area contributed by atoms with Crippen LogP contribution in [0, 0.1) is 13.8 Å². The number of aryl methyl sites for hydroxylation is 2. The summed E-state index contributed by atoms with van der Waals surface area (Å²) in [5.74, 6) is -0.424. The van der Waals surface area contributed by atoms with Gasteiger partial charge in [0.25, 0.3) is 0 Å². The summed E-state index contributed by atoms with van der Waals surface area (Å²) >= 11 is 6.10. The van der Waals surface area contributed by atoms with Crippen molar-refractivity contribution in [2.75, 3.05) is 24.2 Å². The first kappa shape index (κ1) is 27.7. The molecule has 2 aromatic rings. The van der Waals surface area contributed by atoms with Crippen LogP contribution < -0.4 is 9.62 Å². The van der Waals surface area contributed by atoms with Crippen molar-refractivity contribution < 1.29 is 18.0 Å². The number of carbonyl (C=O) groups is 2. The van der Waals surface area contributed by atoms with E-state index in [1.54, 1.807) is 30.1 Å². The number of halogens is 1. The summed E-state index contributed by atoms with van der Waals surface area (Å²) in [6.45, 7) is 6.08. The highest BCUT2D eigenvalue weighted by atomic mass is 35.5. The highest BCUT2D eigenvalue weighted by Crippen LogP contribution is 2.27. The number of rotatable bonds is 11. The van der Waals surface area contributed by atoms with E-state index in [0.29, 0.717) is 30.1 Å². The molecule has 1 N–H and O–H groups in total. The average Bonchev–Trinajstić information content (AvgIpc) is 2.78. The fourth-order valence-corrected chi connectivity index (χ4v) is 5.07. The zero-order chi connectivity index (χ0) is 25.5. The Labute approximate surface area is 208 Å². The lowest BCUT2D eigenvalue weighted by Gasteiger charge is -2.31. The van der Waals surface area contributed by atoms with Crippen LogP contribution in [-0.2, 0) is 26.2 Å². The van der Waals surface area contributed by atoms with Gasteiger partial charge in [-0.2, -0.15) is 0 Å². The van der Waals surface area contributed by atoms with Crippen LogP contribution >= 0.6 is 11.6 Å². The molecule has 9 heteroatoms. The lowest BCUT2D eigenvalue weighted by molar-refractivity contribution is -0.141. The fraction of sp³-hybridized carbons (Fsp3) is 0.440. The highest BCUT2D eigenvalue weighted by Gasteiger charge is 2.28. The number of hydrogen-bond donors (Lipinski definition) is 1. The predicted molar refractivity (Wildman–Crippen MR) is 137 cm³/mol. The van der Waals surface area contributed by atoms with Crippen molar-refractivity contribution >= 4 is 39.1 Å². The van der Waals surface area contributed by atoms with Gasteiger partial charge < -0.3 is 10.2 Å². The molecule has 7 nitrogen and oxygen atoms in total. The highest BCUT2D eigenvalue weighted by molar-refractivity contribution is 7.92. The van der Waals surface area contributed by atoms with E-state index >= 15 is 0 Å².